The summed E-state index contributed by atoms with van der Waals surface area (Å²) in [6.07, 6.45) is 1.67. The van der Waals surface area contributed by atoms with E-state index in [1.165, 1.54) is 5.56 Å². The number of aromatic nitrogens is 1. The number of nitriles is 2. The van der Waals surface area contributed by atoms with Gasteiger partial charge in [0.25, 0.3) is 0 Å². The number of benzene rings is 3. The second-order valence-corrected chi connectivity index (χ2v) is 7.02. The Morgan fingerprint density at radius 2 is 1.33 bits per heavy atom. The highest BCUT2D eigenvalue weighted by Crippen LogP contribution is 2.37. The minimum atomic E-state index is 0.0767. The fraction of sp³-hybridized carbons (Fsp3) is 0.0370. The summed E-state index contributed by atoms with van der Waals surface area (Å²) in [7, 11) is 0. The number of allylic oxidation sites excluding steroid dienone is 1. The van der Waals surface area contributed by atoms with E-state index in [2.05, 4.69) is 47.9 Å². The summed E-state index contributed by atoms with van der Waals surface area (Å²) in [5.41, 5.74) is 7.14. The van der Waals surface area contributed by atoms with Crippen LogP contribution in [-0.2, 0) is 0 Å². The van der Waals surface area contributed by atoms with Gasteiger partial charge in [0.2, 0.25) is 0 Å². The topological polar surface area (TPSA) is 52.5 Å². The van der Waals surface area contributed by atoms with Gasteiger partial charge in [0.15, 0.2) is 0 Å². The van der Waals surface area contributed by atoms with Crippen molar-refractivity contribution in [2.24, 2.45) is 0 Å². The number of nitrogens with zero attached hydrogens (tertiary/aromatic N) is 3. The van der Waals surface area contributed by atoms with E-state index in [0.717, 1.165) is 33.8 Å². The minimum Gasteiger partial charge on any atom is -0.309 e. The van der Waals surface area contributed by atoms with Crippen LogP contribution in [0.5, 0.6) is 0 Å². The van der Waals surface area contributed by atoms with Crippen molar-refractivity contribution in [3.8, 4) is 40.3 Å². The maximum Gasteiger partial charge on any atom is 0.130 e. The molecule has 0 radical (unpaired) electrons. The molecule has 0 aliphatic heterocycles. The molecule has 3 heteroatoms. The fourth-order valence-corrected chi connectivity index (χ4v) is 3.56. The van der Waals surface area contributed by atoms with E-state index in [0.29, 0.717) is 0 Å². The molecule has 142 valence electrons. The largest absolute Gasteiger partial charge is 0.309 e. The van der Waals surface area contributed by atoms with Crippen LogP contribution in [-0.4, -0.2) is 4.57 Å². The molecule has 0 spiro atoms. The van der Waals surface area contributed by atoms with Gasteiger partial charge >= 0.3 is 0 Å². The molecule has 0 unspecified atom stereocenters. The van der Waals surface area contributed by atoms with Gasteiger partial charge in [-0.05, 0) is 42.3 Å². The molecule has 4 aromatic rings. The third kappa shape index (κ3) is 3.65. The van der Waals surface area contributed by atoms with Gasteiger partial charge in [-0.1, -0.05) is 78.4 Å². The lowest BCUT2D eigenvalue weighted by atomic mass is 10.1. The Morgan fingerprint density at radius 1 is 0.767 bits per heavy atom. The lowest BCUT2D eigenvalue weighted by Gasteiger charge is -2.15. The lowest BCUT2D eigenvalue weighted by molar-refractivity contribution is 1.09. The van der Waals surface area contributed by atoms with Gasteiger partial charge in [-0.3, -0.25) is 0 Å². The van der Waals surface area contributed by atoms with Crippen molar-refractivity contribution in [2.75, 3.05) is 0 Å². The summed E-state index contributed by atoms with van der Waals surface area (Å²) in [6.45, 7) is 2.07. The number of aryl methyl sites for hydroxylation is 1. The first kappa shape index (κ1) is 19.0. The van der Waals surface area contributed by atoms with Crippen LogP contribution in [0.15, 0.2) is 96.6 Å². The van der Waals surface area contributed by atoms with Gasteiger partial charge in [-0.25, -0.2) is 0 Å². The molecular weight excluding hydrogens is 366 g/mol. The van der Waals surface area contributed by atoms with Crippen LogP contribution in [0.25, 0.3) is 34.3 Å². The van der Waals surface area contributed by atoms with Gasteiger partial charge in [-0.15, -0.1) is 0 Å². The summed E-state index contributed by atoms with van der Waals surface area (Å²) in [5.74, 6) is 0. The van der Waals surface area contributed by atoms with Crippen molar-refractivity contribution >= 4 is 6.08 Å². The van der Waals surface area contributed by atoms with Crippen LogP contribution in [0.3, 0.4) is 0 Å². The van der Waals surface area contributed by atoms with Gasteiger partial charge in [0.05, 0.1) is 11.4 Å². The van der Waals surface area contributed by atoms with E-state index in [-0.39, 0.29) is 5.57 Å². The second-order valence-electron chi connectivity index (χ2n) is 7.02. The molecule has 0 bridgehead atoms. The fourth-order valence-electron chi connectivity index (χ4n) is 3.56. The summed E-state index contributed by atoms with van der Waals surface area (Å²) >= 11 is 0. The van der Waals surface area contributed by atoms with Crippen molar-refractivity contribution in [2.45, 2.75) is 6.92 Å². The molecule has 3 nitrogen and oxygen atoms in total. The molecule has 0 aliphatic rings. The molecule has 0 N–H and O–H groups in total. The quantitative estimate of drug-likeness (QED) is 0.374. The lowest BCUT2D eigenvalue weighted by Crippen LogP contribution is -2.00. The summed E-state index contributed by atoms with van der Waals surface area (Å²) in [4.78, 5) is 0. The molecule has 0 fully saturated rings. The van der Waals surface area contributed by atoms with Gasteiger partial charge < -0.3 is 4.57 Å². The Kier molecular flexibility index (Phi) is 5.29. The molecule has 1 heterocycles. The van der Waals surface area contributed by atoms with Crippen molar-refractivity contribution in [1.82, 2.24) is 4.57 Å². The highest BCUT2D eigenvalue weighted by molar-refractivity contribution is 5.83. The average Bonchev–Trinajstić information content (AvgIpc) is 3.18. The van der Waals surface area contributed by atoms with Crippen LogP contribution in [0.1, 0.15) is 11.1 Å². The zero-order valence-corrected chi connectivity index (χ0v) is 16.6. The number of hydrogen-bond acceptors (Lipinski definition) is 2. The number of hydrogen-bond donors (Lipinski definition) is 0. The standard InChI is InChI=1S/C27H19N3/c1-20-12-14-25(15-13-20)30-26(22-8-4-2-5-9-22)17-24(16-21(18-28)19-29)27(30)23-10-6-3-7-11-23/h2-17H,1H3. The molecule has 1 aromatic heterocycles. The SMILES string of the molecule is Cc1ccc(-n2c(-c3ccccc3)cc(C=C(C#N)C#N)c2-c2ccccc2)cc1. The zero-order chi connectivity index (χ0) is 20.9. The van der Waals surface area contributed by atoms with Crippen LogP contribution in [0.2, 0.25) is 0 Å². The second kappa shape index (κ2) is 8.35. The Bertz CT molecular complexity index is 1260. The molecule has 0 atom stereocenters. The normalized spacial score (nSPS) is 10.1. The van der Waals surface area contributed by atoms with E-state index >= 15 is 0 Å². The maximum atomic E-state index is 9.34. The summed E-state index contributed by atoms with van der Waals surface area (Å²) in [6, 6.07) is 34.6. The molecule has 0 aliphatic carbocycles. The predicted molar refractivity (Wildman–Crippen MR) is 121 cm³/mol. The van der Waals surface area contributed by atoms with Crippen molar-refractivity contribution in [1.29, 1.82) is 10.5 Å². The van der Waals surface area contributed by atoms with Crippen LogP contribution < -0.4 is 0 Å². The third-order valence-electron chi connectivity index (χ3n) is 4.98. The minimum absolute atomic E-state index is 0.0767. The first-order valence-electron chi connectivity index (χ1n) is 9.67. The van der Waals surface area contributed by atoms with Gasteiger partial charge in [-0.2, -0.15) is 10.5 Å². The smallest absolute Gasteiger partial charge is 0.130 e. The molecule has 0 saturated heterocycles. The first-order valence-corrected chi connectivity index (χ1v) is 9.67. The van der Waals surface area contributed by atoms with E-state index in [1.54, 1.807) is 6.08 Å². The van der Waals surface area contributed by atoms with Crippen LogP contribution in [0, 0.1) is 29.6 Å². The third-order valence-corrected chi connectivity index (χ3v) is 4.98. The summed E-state index contributed by atoms with van der Waals surface area (Å²) < 4.78 is 2.20. The average molecular weight is 385 g/mol. The van der Waals surface area contributed by atoms with Gasteiger partial charge in [0, 0.05) is 11.3 Å². The van der Waals surface area contributed by atoms with Crippen molar-refractivity contribution in [3.05, 3.63) is 108 Å². The monoisotopic (exact) mass is 385 g/mol. The van der Waals surface area contributed by atoms with Crippen molar-refractivity contribution < 1.29 is 0 Å². The molecular formula is C27H19N3. The van der Waals surface area contributed by atoms with Crippen LogP contribution >= 0.6 is 0 Å². The Hall–Kier alpha value is -4.34. The Morgan fingerprint density at radius 3 is 1.90 bits per heavy atom. The van der Waals surface area contributed by atoms with Crippen LogP contribution in [0.4, 0.5) is 0 Å². The molecule has 4 rings (SSSR count). The van der Waals surface area contributed by atoms with Crippen molar-refractivity contribution in [3.63, 3.8) is 0 Å². The Labute approximate surface area is 176 Å². The maximum absolute atomic E-state index is 9.34. The van der Waals surface area contributed by atoms with Gasteiger partial charge in [0.1, 0.15) is 17.7 Å². The molecule has 0 amide bonds. The highest BCUT2D eigenvalue weighted by Gasteiger charge is 2.18. The molecule has 30 heavy (non-hydrogen) atoms. The molecule has 3 aromatic carbocycles. The highest BCUT2D eigenvalue weighted by atomic mass is 15.0. The van der Waals surface area contributed by atoms with E-state index < -0.39 is 0 Å². The summed E-state index contributed by atoms with van der Waals surface area (Å²) in [5, 5.41) is 18.7. The van der Waals surface area contributed by atoms with E-state index in [4.69, 9.17) is 0 Å². The number of rotatable bonds is 4. The van der Waals surface area contributed by atoms with E-state index in [9.17, 15) is 10.5 Å². The zero-order valence-electron chi connectivity index (χ0n) is 16.6. The Balaban J connectivity index is 2.10. The first-order chi connectivity index (χ1) is 14.7. The van der Waals surface area contributed by atoms with E-state index in [1.807, 2.05) is 66.7 Å². The predicted octanol–water partition coefficient (Wildman–Crippen LogP) is 6.55. The molecule has 0 saturated carbocycles.